The van der Waals surface area contributed by atoms with Crippen molar-refractivity contribution in [2.45, 2.75) is 22.8 Å². The van der Waals surface area contributed by atoms with E-state index in [1.165, 1.54) is 12.8 Å². The molecule has 0 radical (unpaired) electrons. The molecule has 4 aromatic rings. The summed E-state index contributed by atoms with van der Waals surface area (Å²) in [6.45, 7) is 3.05. The summed E-state index contributed by atoms with van der Waals surface area (Å²) in [4.78, 5) is 0.291. The van der Waals surface area contributed by atoms with Crippen molar-refractivity contribution in [1.29, 1.82) is 0 Å². The van der Waals surface area contributed by atoms with E-state index in [0.29, 0.717) is 27.1 Å². The van der Waals surface area contributed by atoms with Gasteiger partial charge in [-0.05, 0) is 61.5 Å². The zero-order valence-corrected chi connectivity index (χ0v) is 18.6. The minimum Gasteiger partial charge on any atom is -0.385 e. The van der Waals surface area contributed by atoms with E-state index in [1.54, 1.807) is 12.1 Å². The first-order valence-corrected chi connectivity index (χ1v) is 11.8. The SMILES string of the molecule is Cl.O=S(=O)(c1cccc2ccccc12)c1[nH]nc2cc(NCC3CCNCC3)ccc12. The Hall–Kier alpha value is -2.61. The molecule has 0 amide bonds. The van der Waals surface area contributed by atoms with Gasteiger partial charge in [0.15, 0.2) is 5.03 Å². The third kappa shape index (κ3) is 4.13. The Labute approximate surface area is 187 Å². The Balaban J connectivity index is 0.00000231. The number of H-pyrrole nitrogens is 1. The second-order valence-electron chi connectivity index (χ2n) is 7.84. The molecule has 1 aliphatic rings. The van der Waals surface area contributed by atoms with Crippen molar-refractivity contribution >= 4 is 49.6 Å². The molecule has 0 aliphatic carbocycles. The van der Waals surface area contributed by atoms with Gasteiger partial charge in [0.05, 0.1) is 10.4 Å². The van der Waals surface area contributed by atoms with E-state index in [9.17, 15) is 8.42 Å². The smallest absolute Gasteiger partial charge is 0.224 e. The zero-order valence-electron chi connectivity index (χ0n) is 17.0. The average Bonchev–Trinajstić information content (AvgIpc) is 3.22. The van der Waals surface area contributed by atoms with E-state index in [1.807, 2.05) is 48.5 Å². The minimum atomic E-state index is -3.74. The molecule has 8 heteroatoms. The van der Waals surface area contributed by atoms with Crippen LogP contribution in [0.15, 0.2) is 70.6 Å². The number of fused-ring (bicyclic) bond motifs is 2. The molecule has 1 saturated heterocycles. The summed E-state index contributed by atoms with van der Waals surface area (Å²) in [7, 11) is -3.74. The lowest BCUT2D eigenvalue weighted by molar-refractivity contribution is 0.390. The number of nitrogens with zero attached hydrogens (tertiary/aromatic N) is 1. The van der Waals surface area contributed by atoms with Crippen molar-refractivity contribution in [1.82, 2.24) is 15.5 Å². The van der Waals surface area contributed by atoms with E-state index in [-0.39, 0.29) is 17.4 Å². The van der Waals surface area contributed by atoms with Gasteiger partial charge in [-0.1, -0.05) is 36.4 Å². The van der Waals surface area contributed by atoms with Gasteiger partial charge in [0.1, 0.15) is 0 Å². The van der Waals surface area contributed by atoms with Crippen LogP contribution < -0.4 is 10.6 Å². The quantitative estimate of drug-likeness (QED) is 0.414. The normalized spacial score (nSPS) is 15.1. The highest BCUT2D eigenvalue weighted by molar-refractivity contribution is 7.91. The van der Waals surface area contributed by atoms with E-state index in [2.05, 4.69) is 20.8 Å². The summed E-state index contributed by atoms with van der Waals surface area (Å²) in [5.41, 5.74) is 1.60. The average molecular weight is 457 g/mol. The number of nitrogens with one attached hydrogen (secondary N) is 3. The second-order valence-corrected chi connectivity index (χ2v) is 9.69. The van der Waals surface area contributed by atoms with Gasteiger partial charge in [-0.25, -0.2) is 8.42 Å². The Kier molecular flexibility index (Phi) is 6.18. The molecule has 0 unspecified atom stereocenters. The molecule has 0 spiro atoms. The number of piperidine rings is 1. The predicted molar refractivity (Wildman–Crippen MR) is 127 cm³/mol. The number of aromatic nitrogens is 2. The molecule has 2 heterocycles. The highest BCUT2D eigenvalue weighted by Crippen LogP contribution is 2.32. The highest BCUT2D eigenvalue weighted by Gasteiger charge is 2.25. The van der Waals surface area contributed by atoms with E-state index < -0.39 is 9.84 Å². The zero-order chi connectivity index (χ0) is 20.6. The van der Waals surface area contributed by atoms with E-state index in [0.717, 1.165) is 30.7 Å². The van der Waals surface area contributed by atoms with Gasteiger partial charge in [-0.15, -0.1) is 12.4 Å². The molecule has 1 fully saturated rings. The van der Waals surface area contributed by atoms with Gasteiger partial charge in [0.2, 0.25) is 9.84 Å². The number of sulfone groups is 1. The van der Waals surface area contributed by atoms with Crippen molar-refractivity contribution < 1.29 is 8.42 Å². The molecule has 6 nitrogen and oxygen atoms in total. The van der Waals surface area contributed by atoms with Crippen LogP contribution in [-0.2, 0) is 9.84 Å². The third-order valence-electron chi connectivity index (χ3n) is 5.88. The Bertz CT molecular complexity index is 1310. The maximum Gasteiger partial charge on any atom is 0.224 e. The number of hydrogen-bond donors (Lipinski definition) is 3. The number of benzene rings is 3. The molecule has 31 heavy (non-hydrogen) atoms. The first-order valence-electron chi connectivity index (χ1n) is 10.3. The maximum absolute atomic E-state index is 13.4. The van der Waals surface area contributed by atoms with Gasteiger partial charge in [-0.3, -0.25) is 5.10 Å². The molecule has 0 saturated carbocycles. The highest BCUT2D eigenvalue weighted by atomic mass is 35.5. The summed E-state index contributed by atoms with van der Waals surface area (Å²) in [5.74, 6) is 0.656. The van der Waals surface area contributed by atoms with Crippen LogP contribution >= 0.6 is 12.4 Å². The monoisotopic (exact) mass is 456 g/mol. The summed E-state index contributed by atoms with van der Waals surface area (Å²) >= 11 is 0. The first kappa shape index (κ1) is 21.6. The molecule has 1 aliphatic heterocycles. The molecule has 3 aromatic carbocycles. The molecular formula is C23H25ClN4O2S. The fourth-order valence-electron chi connectivity index (χ4n) is 4.19. The van der Waals surface area contributed by atoms with Gasteiger partial charge < -0.3 is 10.6 Å². The summed E-state index contributed by atoms with van der Waals surface area (Å²) in [5, 5.41) is 16.3. The Morgan fingerprint density at radius 2 is 1.74 bits per heavy atom. The summed E-state index contributed by atoms with van der Waals surface area (Å²) < 4.78 is 26.9. The van der Waals surface area contributed by atoms with Crippen LogP contribution in [0.1, 0.15) is 12.8 Å². The number of hydrogen-bond acceptors (Lipinski definition) is 5. The van der Waals surface area contributed by atoms with Crippen LogP contribution in [0.4, 0.5) is 5.69 Å². The lowest BCUT2D eigenvalue weighted by Crippen LogP contribution is -2.31. The van der Waals surface area contributed by atoms with Gasteiger partial charge in [0.25, 0.3) is 0 Å². The van der Waals surface area contributed by atoms with Crippen LogP contribution in [0, 0.1) is 5.92 Å². The lowest BCUT2D eigenvalue weighted by atomic mass is 9.98. The first-order chi connectivity index (χ1) is 14.6. The van der Waals surface area contributed by atoms with E-state index in [4.69, 9.17) is 0 Å². The van der Waals surface area contributed by atoms with Gasteiger partial charge in [-0.2, -0.15) is 5.10 Å². The molecule has 0 bridgehead atoms. The van der Waals surface area contributed by atoms with Crippen LogP contribution in [-0.4, -0.2) is 38.2 Å². The summed E-state index contributed by atoms with van der Waals surface area (Å²) in [6, 6.07) is 18.5. The minimum absolute atomic E-state index is 0. The largest absolute Gasteiger partial charge is 0.385 e. The molecule has 0 atom stereocenters. The van der Waals surface area contributed by atoms with Crippen molar-refractivity contribution in [2.24, 2.45) is 5.92 Å². The van der Waals surface area contributed by atoms with Crippen molar-refractivity contribution in [3.05, 3.63) is 60.7 Å². The lowest BCUT2D eigenvalue weighted by Gasteiger charge is -2.23. The standard InChI is InChI=1S/C23H24N4O2S.ClH/c28-30(29,22-7-3-5-17-4-1-2-6-19(17)22)23-20-9-8-18(14-21(20)26-27-23)25-15-16-10-12-24-13-11-16;/h1-9,14,16,24-25H,10-13,15H2,(H,26,27);1H. The van der Waals surface area contributed by atoms with Crippen LogP contribution in [0.2, 0.25) is 0 Å². The number of halogens is 1. The number of anilines is 1. The maximum atomic E-state index is 13.4. The van der Waals surface area contributed by atoms with Crippen LogP contribution in [0.3, 0.4) is 0 Å². The molecule has 3 N–H and O–H groups in total. The topological polar surface area (TPSA) is 86.9 Å². The molecule has 162 valence electrons. The van der Waals surface area contributed by atoms with Crippen molar-refractivity contribution in [2.75, 3.05) is 25.0 Å². The second kappa shape index (κ2) is 8.86. The van der Waals surface area contributed by atoms with Crippen molar-refractivity contribution in [3.63, 3.8) is 0 Å². The van der Waals surface area contributed by atoms with Crippen molar-refractivity contribution in [3.8, 4) is 0 Å². The fourth-order valence-corrected chi connectivity index (χ4v) is 5.77. The number of rotatable bonds is 5. The molecule has 1 aromatic heterocycles. The Morgan fingerprint density at radius 1 is 0.968 bits per heavy atom. The van der Waals surface area contributed by atoms with Crippen LogP contribution in [0.25, 0.3) is 21.7 Å². The van der Waals surface area contributed by atoms with Gasteiger partial charge in [0, 0.05) is 23.0 Å². The Morgan fingerprint density at radius 3 is 2.58 bits per heavy atom. The molecule has 5 rings (SSSR count). The summed E-state index contributed by atoms with van der Waals surface area (Å²) in [6.07, 6.45) is 2.34. The fraction of sp³-hybridized carbons (Fsp3) is 0.261. The predicted octanol–water partition coefficient (Wildman–Crippen LogP) is 4.38. The van der Waals surface area contributed by atoms with E-state index >= 15 is 0 Å². The van der Waals surface area contributed by atoms with Gasteiger partial charge >= 0.3 is 0 Å². The third-order valence-corrected chi connectivity index (χ3v) is 7.67. The molecular weight excluding hydrogens is 432 g/mol. The van der Waals surface area contributed by atoms with Crippen LogP contribution in [0.5, 0.6) is 0 Å². The number of aromatic amines is 1.